The van der Waals surface area contributed by atoms with Gasteiger partial charge in [-0.2, -0.15) is 0 Å². The predicted octanol–water partition coefficient (Wildman–Crippen LogP) is 3.13. The molecule has 33 heavy (non-hydrogen) atoms. The number of aliphatic hydroxyl groups excluding tert-OH is 1. The van der Waals surface area contributed by atoms with Crippen molar-refractivity contribution in [3.05, 3.63) is 77.6 Å². The second kappa shape index (κ2) is 8.99. The molecule has 2 aromatic carbocycles. The third-order valence-electron chi connectivity index (χ3n) is 5.30. The Hall–Kier alpha value is -4.40. The number of hydrogen-bond acceptors (Lipinski definition) is 8. The van der Waals surface area contributed by atoms with Gasteiger partial charge in [0.2, 0.25) is 5.95 Å². The highest BCUT2D eigenvalue weighted by Gasteiger charge is 2.48. The predicted molar refractivity (Wildman–Crippen MR) is 119 cm³/mol. The van der Waals surface area contributed by atoms with Crippen LogP contribution < -0.4 is 19.1 Å². The van der Waals surface area contributed by atoms with E-state index in [-0.39, 0.29) is 17.3 Å². The van der Waals surface area contributed by atoms with E-state index < -0.39 is 17.7 Å². The number of methoxy groups -OCH3 is 3. The number of nitrogens with zero attached hydrogens (tertiary/aromatic N) is 3. The number of Topliss-reactive ketones (excluding diaryl/α,β-unsaturated/α-hetero) is 1. The number of amides is 1. The fourth-order valence-corrected chi connectivity index (χ4v) is 3.70. The number of rotatable bonds is 6. The van der Waals surface area contributed by atoms with Crippen LogP contribution in [-0.2, 0) is 9.59 Å². The lowest BCUT2D eigenvalue weighted by atomic mass is 9.95. The van der Waals surface area contributed by atoms with Crippen LogP contribution in [0, 0.1) is 0 Å². The summed E-state index contributed by atoms with van der Waals surface area (Å²) in [7, 11) is 4.51. The van der Waals surface area contributed by atoms with Gasteiger partial charge in [-0.3, -0.25) is 14.5 Å². The van der Waals surface area contributed by atoms with Crippen molar-refractivity contribution in [1.29, 1.82) is 0 Å². The van der Waals surface area contributed by atoms with Crippen LogP contribution in [0.3, 0.4) is 0 Å². The highest BCUT2D eigenvalue weighted by Crippen LogP contribution is 2.43. The highest BCUT2D eigenvalue weighted by atomic mass is 16.5. The molecular weight excluding hydrogens is 426 g/mol. The van der Waals surface area contributed by atoms with E-state index in [0.29, 0.717) is 28.4 Å². The molecule has 1 aromatic heterocycles. The Morgan fingerprint density at radius 1 is 0.909 bits per heavy atom. The number of benzene rings is 2. The van der Waals surface area contributed by atoms with Crippen molar-refractivity contribution >= 4 is 23.4 Å². The van der Waals surface area contributed by atoms with E-state index in [1.165, 1.54) is 38.6 Å². The van der Waals surface area contributed by atoms with Gasteiger partial charge in [0.05, 0.1) is 32.9 Å². The molecule has 0 radical (unpaired) electrons. The van der Waals surface area contributed by atoms with E-state index in [2.05, 4.69) is 9.97 Å². The minimum Gasteiger partial charge on any atom is -0.507 e. The van der Waals surface area contributed by atoms with E-state index in [4.69, 9.17) is 14.2 Å². The summed E-state index contributed by atoms with van der Waals surface area (Å²) >= 11 is 0. The fourth-order valence-electron chi connectivity index (χ4n) is 3.70. The van der Waals surface area contributed by atoms with Crippen LogP contribution in [0.1, 0.15) is 17.2 Å². The van der Waals surface area contributed by atoms with E-state index in [9.17, 15) is 14.7 Å². The topological polar surface area (TPSA) is 111 Å². The van der Waals surface area contributed by atoms with Crippen LogP contribution in [0.25, 0.3) is 5.76 Å². The molecule has 1 aliphatic rings. The van der Waals surface area contributed by atoms with E-state index in [1.807, 2.05) is 0 Å². The molecule has 1 amide bonds. The molecule has 0 saturated carbocycles. The lowest BCUT2D eigenvalue weighted by Crippen LogP contribution is -2.31. The summed E-state index contributed by atoms with van der Waals surface area (Å²) in [4.78, 5) is 35.7. The fraction of sp³-hybridized carbons (Fsp3) is 0.167. The molecule has 1 fully saturated rings. The minimum atomic E-state index is -0.991. The Morgan fingerprint density at radius 2 is 1.58 bits per heavy atom. The second-order valence-corrected chi connectivity index (χ2v) is 7.06. The first-order valence-corrected chi connectivity index (χ1v) is 9.94. The monoisotopic (exact) mass is 447 g/mol. The van der Waals surface area contributed by atoms with Crippen molar-refractivity contribution in [2.45, 2.75) is 6.04 Å². The molecule has 1 N–H and O–H groups in total. The maximum Gasteiger partial charge on any atom is 0.302 e. The van der Waals surface area contributed by atoms with Crippen molar-refractivity contribution < 1.29 is 28.9 Å². The first-order chi connectivity index (χ1) is 16.0. The van der Waals surface area contributed by atoms with Gasteiger partial charge in [-0.25, -0.2) is 9.97 Å². The standard InChI is InChI=1S/C24H21N3O6/c1-31-16-8-5-14(6-9-16)21(28)19-20(15-7-10-17(32-2)18(13-15)33-3)27(23(30)22(19)29)24-25-11-4-12-26-24/h4-13,20,28H,1-3H3/b21-19+/t20-/m1/s1. The normalized spacial score (nSPS) is 17.2. The van der Waals surface area contributed by atoms with Crippen LogP contribution in [-0.4, -0.2) is 48.1 Å². The molecule has 1 atom stereocenters. The first-order valence-electron chi connectivity index (χ1n) is 9.94. The molecule has 0 unspecified atom stereocenters. The molecule has 0 spiro atoms. The number of ketones is 1. The van der Waals surface area contributed by atoms with E-state index in [0.717, 1.165) is 0 Å². The molecule has 4 rings (SSSR count). The molecule has 3 aromatic rings. The average Bonchev–Trinajstić information content (AvgIpc) is 3.13. The maximum absolute atomic E-state index is 13.1. The largest absolute Gasteiger partial charge is 0.507 e. The molecular formula is C24H21N3O6. The second-order valence-electron chi connectivity index (χ2n) is 7.06. The van der Waals surface area contributed by atoms with Crippen molar-refractivity contribution in [1.82, 2.24) is 9.97 Å². The van der Waals surface area contributed by atoms with Gasteiger partial charge in [0.15, 0.2) is 11.5 Å². The van der Waals surface area contributed by atoms with Crippen LogP contribution in [0.2, 0.25) is 0 Å². The molecule has 1 aliphatic heterocycles. The van der Waals surface area contributed by atoms with Crippen molar-refractivity contribution in [3.63, 3.8) is 0 Å². The Morgan fingerprint density at radius 3 is 2.18 bits per heavy atom. The number of ether oxygens (including phenoxy) is 3. The Balaban J connectivity index is 1.94. The number of carbonyl (C=O) groups excluding carboxylic acids is 2. The smallest absolute Gasteiger partial charge is 0.302 e. The first kappa shape index (κ1) is 21.8. The lowest BCUT2D eigenvalue weighted by Gasteiger charge is -2.24. The molecule has 1 saturated heterocycles. The maximum atomic E-state index is 13.1. The van der Waals surface area contributed by atoms with Gasteiger partial charge in [-0.1, -0.05) is 6.07 Å². The Labute approximate surface area is 189 Å². The van der Waals surface area contributed by atoms with Gasteiger partial charge >= 0.3 is 5.91 Å². The summed E-state index contributed by atoms with van der Waals surface area (Å²) in [5.74, 6) is -0.529. The van der Waals surface area contributed by atoms with Crippen molar-refractivity contribution in [3.8, 4) is 17.2 Å². The summed E-state index contributed by atoms with van der Waals surface area (Å²) in [6, 6.07) is 12.1. The van der Waals surface area contributed by atoms with Gasteiger partial charge in [0.25, 0.3) is 5.78 Å². The van der Waals surface area contributed by atoms with Crippen molar-refractivity contribution in [2.24, 2.45) is 0 Å². The molecule has 0 aliphatic carbocycles. The molecule has 9 nitrogen and oxygen atoms in total. The zero-order valence-electron chi connectivity index (χ0n) is 18.2. The zero-order valence-corrected chi connectivity index (χ0v) is 18.2. The molecule has 168 valence electrons. The third-order valence-corrected chi connectivity index (χ3v) is 5.30. The number of aromatic nitrogens is 2. The van der Waals surface area contributed by atoms with Gasteiger partial charge < -0.3 is 19.3 Å². The number of hydrogen-bond donors (Lipinski definition) is 1. The summed E-state index contributed by atoms with van der Waals surface area (Å²) in [6.07, 6.45) is 2.94. The van der Waals surface area contributed by atoms with Crippen LogP contribution in [0.15, 0.2) is 66.5 Å². The lowest BCUT2D eigenvalue weighted by molar-refractivity contribution is -0.132. The van der Waals surface area contributed by atoms with Gasteiger partial charge in [0.1, 0.15) is 11.5 Å². The van der Waals surface area contributed by atoms with E-state index >= 15 is 0 Å². The molecule has 2 heterocycles. The number of carbonyl (C=O) groups is 2. The van der Waals surface area contributed by atoms with E-state index in [1.54, 1.807) is 48.5 Å². The SMILES string of the molecule is COc1ccc(/C(O)=C2\C(=O)C(=O)N(c3ncccn3)[C@@H]2c2ccc(OC)c(OC)c2)cc1. The highest BCUT2D eigenvalue weighted by molar-refractivity contribution is 6.51. The quantitative estimate of drug-likeness (QED) is 0.349. The summed E-state index contributed by atoms with van der Waals surface area (Å²) in [6.45, 7) is 0. The third kappa shape index (κ3) is 3.84. The van der Waals surface area contributed by atoms with Gasteiger partial charge in [-0.15, -0.1) is 0 Å². The summed E-state index contributed by atoms with van der Waals surface area (Å²) in [5, 5.41) is 11.1. The van der Waals surface area contributed by atoms with Crippen molar-refractivity contribution in [2.75, 3.05) is 26.2 Å². The average molecular weight is 447 g/mol. The number of anilines is 1. The Kier molecular flexibility index (Phi) is 5.95. The Bertz CT molecular complexity index is 1220. The molecule has 0 bridgehead atoms. The van der Waals surface area contributed by atoms with Crippen LogP contribution in [0.4, 0.5) is 5.95 Å². The molecule has 9 heteroatoms. The summed E-state index contributed by atoms with van der Waals surface area (Å²) in [5.41, 5.74) is 0.771. The minimum absolute atomic E-state index is 0.0353. The van der Waals surface area contributed by atoms with Gasteiger partial charge in [0, 0.05) is 18.0 Å². The van der Waals surface area contributed by atoms with Crippen LogP contribution in [0.5, 0.6) is 17.2 Å². The number of aliphatic hydroxyl groups is 1. The van der Waals surface area contributed by atoms with Crippen LogP contribution >= 0.6 is 0 Å². The zero-order chi connectivity index (χ0) is 23.5. The van der Waals surface area contributed by atoms with Gasteiger partial charge in [-0.05, 0) is 48.0 Å². The summed E-state index contributed by atoms with van der Waals surface area (Å²) < 4.78 is 15.9.